The highest BCUT2D eigenvalue weighted by Crippen LogP contribution is 2.27. The Balaban J connectivity index is 2.19. The molecule has 0 radical (unpaired) electrons. The van der Waals surface area contributed by atoms with Crippen molar-refractivity contribution in [2.45, 2.75) is 25.2 Å². The minimum atomic E-state index is -0.127. The van der Waals surface area contributed by atoms with Crippen LogP contribution in [0.25, 0.3) is 0 Å². The van der Waals surface area contributed by atoms with Crippen molar-refractivity contribution in [3.8, 4) is 0 Å². The maximum atomic E-state index is 12.3. The number of hydrogen-bond donors (Lipinski definition) is 2. The summed E-state index contributed by atoms with van der Waals surface area (Å²) < 4.78 is 0. The van der Waals surface area contributed by atoms with Gasteiger partial charge in [-0.25, -0.2) is 0 Å². The van der Waals surface area contributed by atoms with Crippen LogP contribution in [-0.2, 0) is 0 Å². The summed E-state index contributed by atoms with van der Waals surface area (Å²) in [7, 11) is 0. The number of thioether (sulfide) groups is 1. The molecule has 0 aliphatic heterocycles. The summed E-state index contributed by atoms with van der Waals surface area (Å²) in [5, 5.41) is 2.91. The maximum Gasteiger partial charge on any atom is 0.255 e. The van der Waals surface area contributed by atoms with Crippen molar-refractivity contribution >= 4 is 29.0 Å². The normalized spacial score (nSPS) is 10.4. The molecule has 21 heavy (non-hydrogen) atoms. The molecule has 0 heterocycles. The number of amides is 1. The van der Waals surface area contributed by atoms with E-state index in [1.165, 1.54) is 0 Å². The standard InChI is InChI=1S/C17H20N2OS/c1-3-10-21-13-8-9-15(18)16(11-13)19-17(20)14-7-5-4-6-12(14)2/h4-9,11H,3,10,18H2,1-2H3,(H,19,20). The van der Waals surface area contributed by atoms with Gasteiger partial charge in [0.1, 0.15) is 0 Å². The molecule has 0 bridgehead atoms. The lowest BCUT2D eigenvalue weighted by Crippen LogP contribution is -2.14. The largest absolute Gasteiger partial charge is 0.397 e. The maximum absolute atomic E-state index is 12.3. The van der Waals surface area contributed by atoms with Crippen LogP contribution in [0, 0.1) is 6.92 Å². The molecule has 0 aliphatic rings. The molecule has 0 atom stereocenters. The zero-order chi connectivity index (χ0) is 15.2. The number of carbonyl (C=O) groups is 1. The van der Waals surface area contributed by atoms with Gasteiger partial charge in [-0.2, -0.15) is 0 Å². The van der Waals surface area contributed by atoms with E-state index >= 15 is 0 Å². The number of carbonyl (C=O) groups excluding carboxylic acids is 1. The fraction of sp³-hybridized carbons (Fsp3) is 0.235. The predicted octanol–water partition coefficient (Wildman–Crippen LogP) is 4.33. The zero-order valence-corrected chi connectivity index (χ0v) is 13.2. The fourth-order valence-corrected chi connectivity index (χ4v) is 2.78. The number of anilines is 2. The molecule has 0 spiro atoms. The van der Waals surface area contributed by atoms with E-state index in [0.29, 0.717) is 16.9 Å². The smallest absolute Gasteiger partial charge is 0.255 e. The van der Waals surface area contributed by atoms with Crippen molar-refractivity contribution in [3.05, 3.63) is 53.6 Å². The second-order valence-corrected chi connectivity index (χ2v) is 6.03. The van der Waals surface area contributed by atoms with Crippen LogP contribution in [0.5, 0.6) is 0 Å². The average Bonchev–Trinajstić information content (AvgIpc) is 2.48. The first-order valence-corrected chi connectivity index (χ1v) is 7.99. The van der Waals surface area contributed by atoms with Crippen LogP contribution in [0.1, 0.15) is 29.3 Å². The van der Waals surface area contributed by atoms with Crippen LogP contribution in [0.4, 0.5) is 11.4 Å². The van der Waals surface area contributed by atoms with Crippen molar-refractivity contribution < 1.29 is 4.79 Å². The number of nitrogen functional groups attached to an aromatic ring is 1. The Morgan fingerprint density at radius 2 is 2.00 bits per heavy atom. The van der Waals surface area contributed by atoms with Gasteiger partial charge in [-0.3, -0.25) is 4.79 Å². The minimum absolute atomic E-state index is 0.127. The van der Waals surface area contributed by atoms with E-state index in [0.717, 1.165) is 22.6 Å². The molecular formula is C17H20N2OS. The minimum Gasteiger partial charge on any atom is -0.397 e. The van der Waals surface area contributed by atoms with Gasteiger partial charge in [-0.15, -0.1) is 11.8 Å². The molecule has 4 heteroatoms. The number of rotatable bonds is 5. The highest BCUT2D eigenvalue weighted by Gasteiger charge is 2.10. The van der Waals surface area contributed by atoms with E-state index in [1.54, 1.807) is 11.8 Å². The Bertz CT molecular complexity index is 640. The summed E-state index contributed by atoms with van der Waals surface area (Å²) in [6, 6.07) is 13.3. The van der Waals surface area contributed by atoms with Crippen LogP contribution >= 0.6 is 11.8 Å². The van der Waals surface area contributed by atoms with Crippen molar-refractivity contribution in [1.29, 1.82) is 0 Å². The van der Waals surface area contributed by atoms with Gasteiger partial charge in [0.2, 0.25) is 0 Å². The molecule has 0 fully saturated rings. The van der Waals surface area contributed by atoms with Crippen LogP contribution in [0.15, 0.2) is 47.4 Å². The van der Waals surface area contributed by atoms with Crippen molar-refractivity contribution in [3.63, 3.8) is 0 Å². The Hall–Kier alpha value is -1.94. The quantitative estimate of drug-likeness (QED) is 0.638. The lowest BCUT2D eigenvalue weighted by Gasteiger charge is -2.11. The van der Waals surface area contributed by atoms with E-state index in [9.17, 15) is 4.79 Å². The molecule has 3 N–H and O–H groups in total. The second-order valence-electron chi connectivity index (χ2n) is 4.87. The second kappa shape index (κ2) is 7.18. The average molecular weight is 300 g/mol. The van der Waals surface area contributed by atoms with Crippen LogP contribution in [0.3, 0.4) is 0 Å². The fourth-order valence-electron chi connectivity index (χ4n) is 1.97. The molecular weight excluding hydrogens is 280 g/mol. The summed E-state index contributed by atoms with van der Waals surface area (Å²) >= 11 is 1.76. The third-order valence-electron chi connectivity index (χ3n) is 3.14. The SMILES string of the molecule is CCCSc1ccc(N)c(NC(=O)c2ccccc2C)c1. The first kappa shape index (κ1) is 15.4. The van der Waals surface area contributed by atoms with Gasteiger partial charge < -0.3 is 11.1 Å². The molecule has 0 aromatic heterocycles. The molecule has 2 aromatic rings. The Morgan fingerprint density at radius 1 is 1.24 bits per heavy atom. The summed E-state index contributed by atoms with van der Waals surface area (Å²) in [5.74, 6) is 0.923. The topological polar surface area (TPSA) is 55.1 Å². The van der Waals surface area contributed by atoms with Gasteiger partial charge in [0.05, 0.1) is 11.4 Å². The number of hydrogen-bond acceptors (Lipinski definition) is 3. The monoisotopic (exact) mass is 300 g/mol. The van der Waals surface area contributed by atoms with Crippen LogP contribution in [-0.4, -0.2) is 11.7 Å². The van der Waals surface area contributed by atoms with Gasteiger partial charge in [-0.05, 0) is 48.9 Å². The molecule has 3 nitrogen and oxygen atoms in total. The Kier molecular flexibility index (Phi) is 5.28. The van der Waals surface area contributed by atoms with Gasteiger partial charge in [-0.1, -0.05) is 25.1 Å². The van der Waals surface area contributed by atoms with Crippen molar-refractivity contribution in [2.75, 3.05) is 16.8 Å². The van der Waals surface area contributed by atoms with E-state index in [-0.39, 0.29) is 5.91 Å². The molecule has 0 saturated carbocycles. The number of aryl methyl sites for hydroxylation is 1. The lowest BCUT2D eigenvalue weighted by molar-refractivity contribution is 0.102. The Morgan fingerprint density at radius 3 is 2.71 bits per heavy atom. The predicted molar refractivity (Wildman–Crippen MR) is 91.0 cm³/mol. The van der Waals surface area contributed by atoms with Gasteiger partial charge in [0.15, 0.2) is 0 Å². The van der Waals surface area contributed by atoms with Crippen molar-refractivity contribution in [1.82, 2.24) is 0 Å². The zero-order valence-electron chi connectivity index (χ0n) is 12.3. The molecule has 0 aliphatic carbocycles. The van der Waals surface area contributed by atoms with Gasteiger partial charge in [0, 0.05) is 10.5 Å². The highest BCUT2D eigenvalue weighted by molar-refractivity contribution is 7.99. The summed E-state index contributed by atoms with van der Waals surface area (Å²) in [6.07, 6.45) is 1.11. The van der Waals surface area contributed by atoms with E-state index in [2.05, 4.69) is 12.2 Å². The summed E-state index contributed by atoms with van der Waals surface area (Å²) in [5.41, 5.74) is 8.83. The first-order valence-electron chi connectivity index (χ1n) is 7.01. The van der Waals surface area contributed by atoms with E-state index in [1.807, 2.05) is 49.4 Å². The van der Waals surface area contributed by atoms with Crippen molar-refractivity contribution in [2.24, 2.45) is 0 Å². The van der Waals surface area contributed by atoms with E-state index in [4.69, 9.17) is 5.73 Å². The molecule has 110 valence electrons. The molecule has 2 aromatic carbocycles. The van der Waals surface area contributed by atoms with E-state index < -0.39 is 0 Å². The van der Waals surface area contributed by atoms with Gasteiger partial charge in [0.25, 0.3) is 5.91 Å². The third kappa shape index (κ3) is 4.02. The van der Waals surface area contributed by atoms with Gasteiger partial charge >= 0.3 is 0 Å². The first-order chi connectivity index (χ1) is 10.1. The number of nitrogens with one attached hydrogen (secondary N) is 1. The summed E-state index contributed by atoms with van der Waals surface area (Å²) in [4.78, 5) is 13.5. The molecule has 1 amide bonds. The lowest BCUT2D eigenvalue weighted by atomic mass is 10.1. The Labute approximate surface area is 129 Å². The molecule has 0 unspecified atom stereocenters. The van der Waals surface area contributed by atoms with Crippen LogP contribution in [0.2, 0.25) is 0 Å². The molecule has 2 rings (SSSR count). The van der Waals surface area contributed by atoms with Crippen LogP contribution < -0.4 is 11.1 Å². The summed E-state index contributed by atoms with van der Waals surface area (Å²) in [6.45, 7) is 4.07. The number of nitrogens with two attached hydrogens (primary N) is 1. The molecule has 0 saturated heterocycles. The third-order valence-corrected chi connectivity index (χ3v) is 4.34. The highest BCUT2D eigenvalue weighted by atomic mass is 32.2. The number of benzene rings is 2.